The number of allylic oxidation sites excluding steroid dienone is 2. The van der Waals surface area contributed by atoms with E-state index >= 15 is 0 Å². The molecule has 3 rings (SSSR count). The zero-order valence-electron chi connectivity index (χ0n) is 9.82. The molecule has 2 heterocycles. The normalized spacial score (nSPS) is 31.5. The van der Waals surface area contributed by atoms with Crippen LogP contribution in [-0.4, -0.2) is 47.8 Å². The van der Waals surface area contributed by atoms with Gasteiger partial charge in [-0.1, -0.05) is 0 Å². The van der Waals surface area contributed by atoms with Gasteiger partial charge in [-0.25, -0.2) is 0 Å². The van der Waals surface area contributed by atoms with Crippen molar-refractivity contribution in [3.63, 3.8) is 0 Å². The first-order valence-corrected chi connectivity index (χ1v) is 6.55. The van der Waals surface area contributed by atoms with Gasteiger partial charge >= 0.3 is 0 Å². The maximum Gasteiger partial charge on any atom is 0.157 e. The highest BCUT2D eigenvalue weighted by Gasteiger charge is 2.31. The van der Waals surface area contributed by atoms with Gasteiger partial charge in [0.2, 0.25) is 0 Å². The van der Waals surface area contributed by atoms with Crippen LogP contribution in [0.2, 0.25) is 0 Å². The molecule has 0 N–H and O–H groups in total. The number of likely N-dealkylation sites (tertiary alicyclic amines) is 2. The second-order valence-electron chi connectivity index (χ2n) is 5.23. The zero-order valence-corrected chi connectivity index (χ0v) is 9.82. The van der Waals surface area contributed by atoms with Gasteiger partial charge in [0, 0.05) is 37.3 Å². The van der Waals surface area contributed by atoms with Crippen LogP contribution in [0.25, 0.3) is 0 Å². The van der Waals surface area contributed by atoms with Crippen molar-refractivity contribution in [2.24, 2.45) is 0 Å². The monoisotopic (exact) mass is 220 g/mol. The fraction of sp³-hybridized carbons (Fsp3) is 0.769. The molecule has 1 unspecified atom stereocenters. The van der Waals surface area contributed by atoms with Gasteiger partial charge in [-0.15, -0.1) is 0 Å². The van der Waals surface area contributed by atoms with Gasteiger partial charge in [-0.05, 0) is 38.8 Å². The Labute approximate surface area is 97.1 Å². The summed E-state index contributed by atoms with van der Waals surface area (Å²) >= 11 is 0. The second kappa shape index (κ2) is 4.21. The lowest BCUT2D eigenvalue weighted by molar-refractivity contribution is -0.114. The third kappa shape index (κ3) is 1.88. The average Bonchev–Trinajstić information content (AvgIpc) is 2.97. The van der Waals surface area contributed by atoms with Crippen molar-refractivity contribution in [1.29, 1.82) is 0 Å². The number of nitrogens with zero attached hydrogens (tertiary/aromatic N) is 2. The van der Waals surface area contributed by atoms with E-state index in [1.807, 2.05) is 6.08 Å². The van der Waals surface area contributed by atoms with Crippen LogP contribution in [0.1, 0.15) is 32.1 Å². The summed E-state index contributed by atoms with van der Waals surface area (Å²) < 4.78 is 0. The highest BCUT2D eigenvalue weighted by atomic mass is 16.1. The van der Waals surface area contributed by atoms with Crippen LogP contribution in [-0.2, 0) is 4.79 Å². The van der Waals surface area contributed by atoms with Gasteiger partial charge in [0.1, 0.15) is 0 Å². The lowest BCUT2D eigenvalue weighted by Gasteiger charge is -2.24. The smallest absolute Gasteiger partial charge is 0.157 e. The largest absolute Gasteiger partial charge is 0.373 e. The molecule has 3 aliphatic rings. The maximum absolute atomic E-state index is 11.2. The average molecular weight is 220 g/mol. The topological polar surface area (TPSA) is 23.6 Å². The minimum absolute atomic E-state index is 0.319. The minimum Gasteiger partial charge on any atom is -0.373 e. The molecule has 0 aromatic carbocycles. The van der Waals surface area contributed by atoms with E-state index in [1.165, 1.54) is 38.0 Å². The molecule has 1 atom stereocenters. The molecule has 16 heavy (non-hydrogen) atoms. The van der Waals surface area contributed by atoms with Crippen LogP contribution < -0.4 is 0 Å². The minimum atomic E-state index is 0.319. The van der Waals surface area contributed by atoms with E-state index in [-0.39, 0.29) is 0 Å². The van der Waals surface area contributed by atoms with E-state index < -0.39 is 0 Å². The molecular weight excluding hydrogens is 200 g/mol. The first-order chi connectivity index (χ1) is 7.83. The predicted molar refractivity (Wildman–Crippen MR) is 63.1 cm³/mol. The Kier molecular flexibility index (Phi) is 2.72. The number of hydrogen-bond donors (Lipinski definition) is 0. The van der Waals surface area contributed by atoms with Gasteiger partial charge in [0.05, 0.1) is 0 Å². The fourth-order valence-corrected chi connectivity index (χ4v) is 3.24. The summed E-state index contributed by atoms with van der Waals surface area (Å²) in [5.41, 5.74) is 1.30. The van der Waals surface area contributed by atoms with Gasteiger partial charge in [-0.3, -0.25) is 9.69 Å². The fourth-order valence-electron chi connectivity index (χ4n) is 3.24. The van der Waals surface area contributed by atoms with Gasteiger partial charge < -0.3 is 4.90 Å². The Morgan fingerprint density at radius 3 is 2.62 bits per heavy atom. The van der Waals surface area contributed by atoms with Crippen LogP contribution in [0.3, 0.4) is 0 Å². The van der Waals surface area contributed by atoms with Crippen molar-refractivity contribution in [3.8, 4) is 0 Å². The van der Waals surface area contributed by atoms with Crippen LogP contribution >= 0.6 is 0 Å². The van der Waals surface area contributed by atoms with E-state index in [0.717, 1.165) is 32.0 Å². The van der Waals surface area contributed by atoms with Gasteiger partial charge in [-0.2, -0.15) is 0 Å². The third-order valence-corrected chi connectivity index (χ3v) is 4.18. The summed E-state index contributed by atoms with van der Waals surface area (Å²) in [6.45, 7) is 4.88. The van der Waals surface area contributed by atoms with E-state index in [4.69, 9.17) is 0 Å². The van der Waals surface area contributed by atoms with Crippen LogP contribution in [0.4, 0.5) is 0 Å². The summed E-state index contributed by atoms with van der Waals surface area (Å²) in [6.07, 6.45) is 7.61. The SMILES string of the molecule is O=C1C=C(N2CCC(N3CCCC3)C2)CC1. The van der Waals surface area contributed by atoms with E-state index in [2.05, 4.69) is 9.80 Å². The summed E-state index contributed by atoms with van der Waals surface area (Å²) in [6, 6.07) is 0.749. The van der Waals surface area contributed by atoms with Crippen molar-refractivity contribution in [2.45, 2.75) is 38.1 Å². The van der Waals surface area contributed by atoms with Crippen LogP contribution in [0, 0.1) is 0 Å². The highest BCUT2D eigenvalue weighted by molar-refractivity contribution is 5.92. The van der Waals surface area contributed by atoms with E-state index in [1.54, 1.807) is 0 Å². The highest BCUT2D eigenvalue weighted by Crippen LogP contribution is 2.27. The lowest BCUT2D eigenvalue weighted by atomic mass is 10.2. The number of rotatable bonds is 2. The van der Waals surface area contributed by atoms with Crippen molar-refractivity contribution in [1.82, 2.24) is 9.80 Å². The van der Waals surface area contributed by atoms with E-state index in [9.17, 15) is 4.79 Å². The maximum atomic E-state index is 11.2. The van der Waals surface area contributed by atoms with Gasteiger partial charge in [0.25, 0.3) is 0 Å². The lowest BCUT2D eigenvalue weighted by Crippen LogP contribution is -2.35. The second-order valence-corrected chi connectivity index (χ2v) is 5.23. The molecule has 3 heteroatoms. The number of ketones is 1. The van der Waals surface area contributed by atoms with Crippen molar-refractivity contribution in [3.05, 3.63) is 11.8 Å². The standard InChI is InChI=1S/C13H20N2O/c16-13-4-3-11(9-13)15-8-5-12(10-15)14-6-1-2-7-14/h9,12H,1-8,10H2. The quantitative estimate of drug-likeness (QED) is 0.703. The number of hydrogen-bond acceptors (Lipinski definition) is 3. The molecule has 0 bridgehead atoms. The molecule has 0 saturated carbocycles. The molecule has 0 radical (unpaired) electrons. The van der Waals surface area contributed by atoms with Crippen molar-refractivity contribution in [2.75, 3.05) is 26.2 Å². The Morgan fingerprint density at radius 1 is 1.12 bits per heavy atom. The molecule has 2 saturated heterocycles. The molecule has 0 aromatic heterocycles. The molecule has 3 nitrogen and oxygen atoms in total. The molecule has 88 valence electrons. The van der Waals surface area contributed by atoms with Gasteiger partial charge in [0.15, 0.2) is 5.78 Å². The summed E-state index contributed by atoms with van der Waals surface area (Å²) in [5, 5.41) is 0. The Bertz CT molecular complexity index is 318. The Hall–Kier alpha value is -0.830. The zero-order chi connectivity index (χ0) is 11.0. The molecule has 2 aliphatic heterocycles. The predicted octanol–water partition coefficient (Wildman–Crippen LogP) is 1.40. The van der Waals surface area contributed by atoms with Crippen LogP contribution in [0.5, 0.6) is 0 Å². The first kappa shape index (κ1) is 10.3. The van der Waals surface area contributed by atoms with E-state index in [0.29, 0.717) is 5.78 Å². The number of carbonyl (C=O) groups excluding carboxylic acids is 1. The van der Waals surface area contributed by atoms with Crippen molar-refractivity contribution >= 4 is 5.78 Å². The Morgan fingerprint density at radius 2 is 1.94 bits per heavy atom. The molecule has 1 aliphatic carbocycles. The summed E-state index contributed by atoms with van der Waals surface area (Å²) in [5.74, 6) is 0.319. The molecule has 0 amide bonds. The van der Waals surface area contributed by atoms with Crippen LogP contribution in [0.15, 0.2) is 11.8 Å². The van der Waals surface area contributed by atoms with Crippen molar-refractivity contribution < 1.29 is 4.79 Å². The summed E-state index contributed by atoms with van der Waals surface area (Å²) in [7, 11) is 0. The summed E-state index contributed by atoms with van der Waals surface area (Å²) in [4.78, 5) is 16.3. The number of carbonyl (C=O) groups is 1. The Balaban J connectivity index is 1.60. The first-order valence-electron chi connectivity index (χ1n) is 6.55. The molecular formula is C13H20N2O. The molecule has 2 fully saturated rings. The molecule has 0 spiro atoms. The third-order valence-electron chi connectivity index (χ3n) is 4.18. The molecule has 0 aromatic rings.